The van der Waals surface area contributed by atoms with Crippen LogP contribution in [0.3, 0.4) is 0 Å². The van der Waals surface area contributed by atoms with Crippen LogP contribution in [0.25, 0.3) is 0 Å². The summed E-state index contributed by atoms with van der Waals surface area (Å²) in [5.74, 6) is 1.87. The summed E-state index contributed by atoms with van der Waals surface area (Å²) in [6.45, 7) is 6.63. The van der Waals surface area contributed by atoms with Crippen LogP contribution in [0.2, 0.25) is 5.02 Å². The van der Waals surface area contributed by atoms with Gasteiger partial charge in [-0.15, -0.1) is 0 Å². The smallest absolute Gasteiger partial charge is 0.263 e. The second kappa shape index (κ2) is 9.51. The highest BCUT2D eigenvalue weighted by Gasteiger charge is 2.22. The number of ether oxygens (including phenoxy) is 3. The van der Waals surface area contributed by atoms with Gasteiger partial charge < -0.3 is 19.1 Å². The molecule has 0 N–H and O–H groups in total. The van der Waals surface area contributed by atoms with Gasteiger partial charge in [0.05, 0.1) is 14.2 Å². The van der Waals surface area contributed by atoms with E-state index in [0.29, 0.717) is 35.4 Å². The van der Waals surface area contributed by atoms with Crippen molar-refractivity contribution in [1.82, 2.24) is 4.90 Å². The zero-order chi connectivity index (χ0) is 20.0. The molecule has 146 valence electrons. The zero-order valence-electron chi connectivity index (χ0n) is 16.4. The van der Waals surface area contributed by atoms with E-state index >= 15 is 0 Å². The highest BCUT2D eigenvalue weighted by molar-refractivity contribution is 6.30. The highest BCUT2D eigenvalue weighted by Crippen LogP contribution is 2.28. The molecule has 2 aromatic carbocycles. The Bertz CT molecular complexity index is 794. The van der Waals surface area contributed by atoms with Gasteiger partial charge in [0.25, 0.3) is 5.91 Å². The molecule has 0 aromatic heterocycles. The second-order valence-corrected chi connectivity index (χ2v) is 6.65. The molecule has 0 aliphatic heterocycles. The summed E-state index contributed by atoms with van der Waals surface area (Å²) in [6, 6.07) is 11.0. The van der Waals surface area contributed by atoms with E-state index in [9.17, 15) is 4.79 Å². The van der Waals surface area contributed by atoms with Crippen molar-refractivity contribution in [3.05, 3.63) is 52.5 Å². The molecule has 1 atom stereocenters. The van der Waals surface area contributed by atoms with Gasteiger partial charge in [-0.2, -0.15) is 0 Å². The van der Waals surface area contributed by atoms with Crippen molar-refractivity contribution in [2.45, 2.75) is 33.4 Å². The number of aryl methyl sites for hydroxylation is 1. The van der Waals surface area contributed by atoms with Crippen LogP contribution < -0.4 is 14.2 Å². The van der Waals surface area contributed by atoms with Gasteiger partial charge in [-0.05, 0) is 62.2 Å². The van der Waals surface area contributed by atoms with Crippen molar-refractivity contribution < 1.29 is 19.0 Å². The van der Waals surface area contributed by atoms with E-state index in [-0.39, 0.29) is 5.91 Å². The van der Waals surface area contributed by atoms with Crippen LogP contribution in [0, 0.1) is 6.92 Å². The fourth-order valence-electron chi connectivity index (χ4n) is 2.79. The van der Waals surface area contributed by atoms with Crippen LogP contribution in [0.15, 0.2) is 36.4 Å². The predicted octanol–water partition coefficient (Wildman–Crippen LogP) is 4.48. The predicted molar refractivity (Wildman–Crippen MR) is 107 cm³/mol. The number of hydrogen-bond acceptors (Lipinski definition) is 4. The Morgan fingerprint density at radius 1 is 1.07 bits per heavy atom. The zero-order valence-corrected chi connectivity index (χ0v) is 17.2. The first kappa shape index (κ1) is 20.9. The molecule has 1 amide bonds. The third-order valence-corrected chi connectivity index (χ3v) is 4.54. The minimum absolute atomic E-state index is 0.0818. The van der Waals surface area contributed by atoms with Crippen LogP contribution in [-0.4, -0.2) is 37.7 Å². The summed E-state index contributed by atoms with van der Waals surface area (Å²) in [4.78, 5) is 14.6. The normalized spacial score (nSPS) is 11.6. The topological polar surface area (TPSA) is 48.0 Å². The maximum Gasteiger partial charge on any atom is 0.263 e. The fraction of sp³-hybridized carbons (Fsp3) is 0.381. The molecule has 6 heteroatoms. The molecule has 5 nitrogen and oxygen atoms in total. The molecular weight excluding hydrogens is 366 g/mol. The second-order valence-electron chi connectivity index (χ2n) is 6.21. The van der Waals surface area contributed by atoms with Crippen molar-refractivity contribution in [2.75, 3.05) is 20.8 Å². The van der Waals surface area contributed by atoms with Gasteiger partial charge in [0.2, 0.25) is 0 Å². The average Bonchev–Trinajstić information content (AvgIpc) is 2.67. The largest absolute Gasteiger partial charge is 0.493 e. The minimum atomic E-state index is -0.607. The van der Waals surface area contributed by atoms with Gasteiger partial charge in [0, 0.05) is 18.1 Å². The maximum absolute atomic E-state index is 12.9. The number of carbonyl (C=O) groups excluding carboxylic acids is 1. The van der Waals surface area contributed by atoms with Gasteiger partial charge in [0.15, 0.2) is 17.6 Å². The Morgan fingerprint density at radius 3 is 2.33 bits per heavy atom. The minimum Gasteiger partial charge on any atom is -0.493 e. The molecule has 0 fully saturated rings. The lowest BCUT2D eigenvalue weighted by Gasteiger charge is -2.25. The number of hydrogen-bond donors (Lipinski definition) is 0. The van der Waals surface area contributed by atoms with Crippen LogP contribution in [0.5, 0.6) is 17.2 Å². The van der Waals surface area contributed by atoms with E-state index < -0.39 is 6.10 Å². The van der Waals surface area contributed by atoms with Crippen molar-refractivity contribution >= 4 is 17.5 Å². The lowest BCUT2D eigenvalue weighted by molar-refractivity contribution is -0.138. The third-order valence-electron chi connectivity index (χ3n) is 4.30. The molecule has 27 heavy (non-hydrogen) atoms. The lowest BCUT2D eigenvalue weighted by atomic mass is 10.1. The van der Waals surface area contributed by atoms with Crippen molar-refractivity contribution in [1.29, 1.82) is 0 Å². The molecule has 0 spiro atoms. The molecule has 0 heterocycles. The third kappa shape index (κ3) is 5.30. The first-order valence-electron chi connectivity index (χ1n) is 8.82. The molecule has 2 rings (SSSR count). The van der Waals surface area contributed by atoms with Gasteiger partial charge in [-0.1, -0.05) is 17.7 Å². The Morgan fingerprint density at radius 2 is 1.74 bits per heavy atom. The average molecular weight is 392 g/mol. The van der Waals surface area contributed by atoms with Crippen molar-refractivity contribution in [3.63, 3.8) is 0 Å². The standard InChI is InChI=1S/C21H26ClNO4/c1-6-23(13-16-7-9-19(25-4)20(12-16)26-5)21(24)15(3)27-18-10-8-17(22)11-14(18)2/h7-12,15H,6,13H2,1-5H3. The molecule has 0 aliphatic rings. The molecule has 1 unspecified atom stereocenters. The Balaban J connectivity index is 2.10. The number of nitrogens with zero attached hydrogens (tertiary/aromatic N) is 1. The Labute approximate surface area is 165 Å². The van der Waals surface area contributed by atoms with E-state index in [4.69, 9.17) is 25.8 Å². The Kier molecular flexibility index (Phi) is 7.36. The summed E-state index contributed by atoms with van der Waals surface area (Å²) in [6.07, 6.45) is -0.607. The van der Waals surface area contributed by atoms with E-state index in [1.165, 1.54) is 0 Å². The molecule has 0 radical (unpaired) electrons. The summed E-state index contributed by atoms with van der Waals surface area (Å²) in [5, 5.41) is 0.641. The number of benzene rings is 2. The summed E-state index contributed by atoms with van der Waals surface area (Å²) in [5.41, 5.74) is 1.85. The SMILES string of the molecule is CCN(Cc1ccc(OC)c(OC)c1)C(=O)C(C)Oc1ccc(Cl)cc1C. The van der Waals surface area contributed by atoms with Crippen LogP contribution >= 0.6 is 11.6 Å². The number of carbonyl (C=O) groups is 1. The van der Waals surface area contributed by atoms with Crippen molar-refractivity contribution in [2.24, 2.45) is 0 Å². The van der Waals surface area contributed by atoms with E-state index in [2.05, 4.69) is 0 Å². The molecule has 0 saturated carbocycles. The van der Waals surface area contributed by atoms with E-state index in [1.807, 2.05) is 38.1 Å². The monoisotopic (exact) mass is 391 g/mol. The molecule has 0 bridgehead atoms. The maximum atomic E-state index is 12.9. The lowest BCUT2D eigenvalue weighted by Crippen LogP contribution is -2.40. The van der Waals surface area contributed by atoms with Crippen LogP contribution in [0.1, 0.15) is 25.0 Å². The number of likely N-dealkylation sites (N-methyl/N-ethyl adjacent to an activating group) is 1. The number of halogens is 1. The van der Waals surface area contributed by atoms with E-state index in [1.54, 1.807) is 38.2 Å². The van der Waals surface area contributed by atoms with Gasteiger partial charge in [0.1, 0.15) is 5.75 Å². The first-order chi connectivity index (χ1) is 12.9. The van der Waals surface area contributed by atoms with Crippen molar-refractivity contribution in [3.8, 4) is 17.2 Å². The van der Waals surface area contributed by atoms with Gasteiger partial charge in [-0.3, -0.25) is 4.79 Å². The Hall–Kier alpha value is -2.40. The molecule has 0 aliphatic carbocycles. The number of rotatable bonds is 8. The fourth-order valence-corrected chi connectivity index (χ4v) is 3.01. The molecular formula is C21H26ClNO4. The number of amides is 1. The summed E-state index contributed by atoms with van der Waals surface area (Å²) in [7, 11) is 3.19. The highest BCUT2D eigenvalue weighted by atomic mass is 35.5. The quantitative estimate of drug-likeness (QED) is 0.665. The molecule has 2 aromatic rings. The van der Waals surface area contributed by atoms with Gasteiger partial charge >= 0.3 is 0 Å². The summed E-state index contributed by atoms with van der Waals surface area (Å²) < 4.78 is 16.5. The van der Waals surface area contributed by atoms with Crippen LogP contribution in [-0.2, 0) is 11.3 Å². The van der Waals surface area contributed by atoms with E-state index in [0.717, 1.165) is 11.1 Å². The van der Waals surface area contributed by atoms with Gasteiger partial charge in [-0.25, -0.2) is 0 Å². The summed E-state index contributed by atoms with van der Waals surface area (Å²) >= 11 is 5.98. The number of methoxy groups -OCH3 is 2. The molecule has 0 saturated heterocycles. The first-order valence-corrected chi connectivity index (χ1v) is 9.19. The van der Waals surface area contributed by atoms with Crippen LogP contribution in [0.4, 0.5) is 0 Å².